The molecule has 0 aliphatic carbocycles. The maximum atomic E-state index is 13.4. The summed E-state index contributed by atoms with van der Waals surface area (Å²) in [5.41, 5.74) is 1.86. The van der Waals surface area contributed by atoms with Crippen molar-refractivity contribution >= 4 is 17.1 Å². The van der Waals surface area contributed by atoms with E-state index in [0.29, 0.717) is 23.7 Å². The van der Waals surface area contributed by atoms with Gasteiger partial charge >= 0.3 is 0 Å². The Balaban J connectivity index is 1.89. The standard InChI is InChI=1S/C25H23ClN2O3/c1-2-3-14-31-24-22-25(30)28(16-18-8-7-11-20(26)15-18)13-12-27(22)17-21(23(24)29)19-9-5-4-6-10-19/h4-13,15,17H,2-3,14,16H2,1H3. The number of ether oxygens (including phenoxy) is 1. The van der Waals surface area contributed by atoms with E-state index in [1.165, 1.54) is 0 Å². The van der Waals surface area contributed by atoms with Crippen LogP contribution in [-0.2, 0) is 6.54 Å². The quantitative estimate of drug-likeness (QED) is 0.384. The third-order valence-electron chi connectivity index (χ3n) is 5.13. The molecule has 0 bridgehead atoms. The smallest absolute Gasteiger partial charge is 0.279 e. The van der Waals surface area contributed by atoms with Crippen molar-refractivity contribution in [2.75, 3.05) is 6.61 Å². The van der Waals surface area contributed by atoms with Gasteiger partial charge < -0.3 is 13.7 Å². The number of hydrogen-bond acceptors (Lipinski definition) is 3. The van der Waals surface area contributed by atoms with E-state index in [1.807, 2.05) is 55.5 Å². The van der Waals surface area contributed by atoms with Gasteiger partial charge in [0.2, 0.25) is 5.43 Å². The van der Waals surface area contributed by atoms with Crippen LogP contribution in [0.2, 0.25) is 5.02 Å². The van der Waals surface area contributed by atoms with Crippen LogP contribution in [0.5, 0.6) is 5.75 Å². The lowest BCUT2D eigenvalue weighted by Crippen LogP contribution is -2.26. The van der Waals surface area contributed by atoms with Crippen LogP contribution in [0.3, 0.4) is 0 Å². The van der Waals surface area contributed by atoms with Crippen molar-refractivity contribution in [3.63, 3.8) is 0 Å². The summed E-state index contributed by atoms with van der Waals surface area (Å²) in [6.07, 6.45) is 6.91. The lowest BCUT2D eigenvalue weighted by atomic mass is 10.1. The first-order valence-electron chi connectivity index (χ1n) is 10.3. The number of halogens is 1. The largest absolute Gasteiger partial charge is 0.487 e. The third-order valence-corrected chi connectivity index (χ3v) is 5.37. The number of nitrogens with zero attached hydrogens (tertiary/aromatic N) is 2. The zero-order valence-corrected chi connectivity index (χ0v) is 18.0. The summed E-state index contributed by atoms with van der Waals surface area (Å²) in [5.74, 6) is 0.0975. The van der Waals surface area contributed by atoms with E-state index in [0.717, 1.165) is 24.0 Å². The average molecular weight is 435 g/mol. The van der Waals surface area contributed by atoms with Crippen LogP contribution in [0, 0.1) is 0 Å². The first kappa shape index (κ1) is 20.9. The molecule has 2 heterocycles. The molecule has 0 atom stereocenters. The highest BCUT2D eigenvalue weighted by Gasteiger charge is 2.18. The number of hydrogen-bond donors (Lipinski definition) is 0. The second kappa shape index (κ2) is 9.23. The highest BCUT2D eigenvalue weighted by molar-refractivity contribution is 6.30. The van der Waals surface area contributed by atoms with Crippen molar-refractivity contribution in [2.45, 2.75) is 26.3 Å². The number of pyridine rings is 1. The van der Waals surface area contributed by atoms with Crippen LogP contribution < -0.4 is 15.7 Å². The van der Waals surface area contributed by atoms with Crippen LogP contribution >= 0.6 is 11.6 Å². The van der Waals surface area contributed by atoms with Crippen molar-refractivity contribution < 1.29 is 4.74 Å². The van der Waals surface area contributed by atoms with Gasteiger partial charge in [-0.25, -0.2) is 0 Å². The van der Waals surface area contributed by atoms with Gasteiger partial charge in [-0.2, -0.15) is 0 Å². The number of rotatable bonds is 7. The average Bonchev–Trinajstić information content (AvgIpc) is 2.78. The molecule has 0 aliphatic heterocycles. The molecule has 0 saturated heterocycles. The Morgan fingerprint density at radius 2 is 1.81 bits per heavy atom. The predicted octanol–water partition coefficient (Wildman–Crippen LogP) is 5.01. The van der Waals surface area contributed by atoms with E-state index in [2.05, 4.69) is 0 Å². The van der Waals surface area contributed by atoms with Crippen LogP contribution in [0.15, 0.2) is 82.8 Å². The summed E-state index contributed by atoms with van der Waals surface area (Å²) < 4.78 is 9.14. The van der Waals surface area contributed by atoms with Crippen molar-refractivity contribution in [2.24, 2.45) is 0 Å². The monoisotopic (exact) mass is 434 g/mol. The highest BCUT2D eigenvalue weighted by Crippen LogP contribution is 2.21. The Kier molecular flexibility index (Phi) is 6.23. The van der Waals surface area contributed by atoms with Crippen molar-refractivity contribution in [3.8, 4) is 16.9 Å². The topological polar surface area (TPSA) is 52.7 Å². The first-order chi connectivity index (χ1) is 15.1. The summed E-state index contributed by atoms with van der Waals surface area (Å²) in [6.45, 7) is 2.77. The third kappa shape index (κ3) is 4.42. The Morgan fingerprint density at radius 1 is 1.00 bits per heavy atom. The van der Waals surface area contributed by atoms with Gasteiger partial charge in [0.15, 0.2) is 11.3 Å². The number of fused-ring (bicyclic) bond motifs is 1. The van der Waals surface area contributed by atoms with Gasteiger partial charge in [-0.3, -0.25) is 9.59 Å². The van der Waals surface area contributed by atoms with E-state index >= 15 is 0 Å². The highest BCUT2D eigenvalue weighted by atomic mass is 35.5. The van der Waals surface area contributed by atoms with Crippen LogP contribution in [0.25, 0.3) is 16.6 Å². The second-order valence-electron chi connectivity index (χ2n) is 7.39. The molecule has 0 fully saturated rings. The molecule has 0 saturated carbocycles. The molecule has 2 aromatic heterocycles. The normalized spacial score (nSPS) is 11.0. The molecule has 6 heteroatoms. The van der Waals surface area contributed by atoms with Gasteiger partial charge in [0.05, 0.1) is 13.2 Å². The fraction of sp³-hybridized carbons (Fsp3) is 0.200. The fourth-order valence-corrected chi connectivity index (χ4v) is 3.74. The molecule has 2 aromatic carbocycles. The molecule has 0 aliphatic rings. The van der Waals surface area contributed by atoms with E-state index < -0.39 is 0 Å². The van der Waals surface area contributed by atoms with E-state index in [4.69, 9.17) is 16.3 Å². The van der Waals surface area contributed by atoms with Gasteiger partial charge in [0, 0.05) is 29.2 Å². The summed E-state index contributed by atoms with van der Waals surface area (Å²) >= 11 is 6.09. The van der Waals surface area contributed by atoms with Crippen molar-refractivity contribution in [1.82, 2.24) is 8.97 Å². The molecule has 0 radical (unpaired) electrons. The first-order valence-corrected chi connectivity index (χ1v) is 10.7. The van der Waals surface area contributed by atoms with Gasteiger partial charge in [0.25, 0.3) is 5.56 Å². The Labute approximate surface area is 185 Å². The molecule has 0 amide bonds. The van der Waals surface area contributed by atoms with Gasteiger partial charge in [-0.05, 0) is 29.7 Å². The Bertz CT molecular complexity index is 1330. The minimum Gasteiger partial charge on any atom is -0.487 e. The second-order valence-corrected chi connectivity index (χ2v) is 7.82. The van der Waals surface area contributed by atoms with Crippen LogP contribution in [-0.4, -0.2) is 15.6 Å². The molecule has 4 rings (SSSR count). The van der Waals surface area contributed by atoms with E-state index in [-0.39, 0.29) is 22.3 Å². The molecule has 158 valence electrons. The summed E-state index contributed by atoms with van der Waals surface area (Å²) in [7, 11) is 0. The van der Waals surface area contributed by atoms with Gasteiger partial charge in [0.1, 0.15) is 0 Å². The van der Waals surface area contributed by atoms with Gasteiger partial charge in [-0.15, -0.1) is 0 Å². The zero-order valence-electron chi connectivity index (χ0n) is 17.3. The molecule has 0 N–H and O–H groups in total. The summed E-state index contributed by atoms with van der Waals surface area (Å²) in [6, 6.07) is 16.8. The Hall–Kier alpha value is -3.31. The van der Waals surface area contributed by atoms with E-state index in [1.54, 1.807) is 33.6 Å². The molecule has 0 spiro atoms. The maximum Gasteiger partial charge on any atom is 0.279 e. The predicted molar refractivity (Wildman–Crippen MR) is 124 cm³/mol. The zero-order chi connectivity index (χ0) is 21.8. The Morgan fingerprint density at radius 3 is 2.55 bits per heavy atom. The van der Waals surface area contributed by atoms with Crippen molar-refractivity contribution in [1.29, 1.82) is 0 Å². The van der Waals surface area contributed by atoms with Crippen LogP contribution in [0.1, 0.15) is 25.3 Å². The lowest BCUT2D eigenvalue weighted by Gasteiger charge is -2.14. The molecule has 4 aromatic rings. The maximum absolute atomic E-state index is 13.4. The number of benzene rings is 2. The molecule has 31 heavy (non-hydrogen) atoms. The molecule has 5 nitrogen and oxygen atoms in total. The number of unbranched alkanes of at least 4 members (excludes halogenated alkanes) is 1. The molecular weight excluding hydrogens is 412 g/mol. The minimum absolute atomic E-state index is 0.0975. The molecule has 0 unspecified atom stereocenters. The minimum atomic E-state index is -0.286. The SMILES string of the molecule is CCCCOc1c(=O)c(-c2ccccc2)cn2ccn(Cc3cccc(Cl)c3)c(=O)c12. The van der Waals surface area contributed by atoms with E-state index in [9.17, 15) is 9.59 Å². The van der Waals surface area contributed by atoms with Gasteiger partial charge in [-0.1, -0.05) is 67.4 Å². The summed E-state index contributed by atoms with van der Waals surface area (Å²) in [4.78, 5) is 26.7. The van der Waals surface area contributed by atoms with Crippen molar-refractivity contribution in [3.05, 3.63) is 104 Å². The fourth-order valence-electron chi connectivity index (χ4n) is 3.52. The molecular formula is C25H23ClN2O3. The summed E-state index contributed by atoms with van der Waals surface area (Å²) in [5, 5.41) is 0.610. The van der Waals surface area contributed by atoms with Crippen LogP contribution in [0.4, 0.5) is 0 Å². The number of aromatic nitrogens is 2. The lowest BCUT2D eigenvalue weighted by molar-refractivity contribution is 0.309.